The number of halogens is 3. The molecule has 0 aliphatic heterocycles. The average molecular weight is 285 g/mol. The quantitative estimate of drug-likeness (QED) is 0.748. The van der Waals surface area contributed by atoms with Crippen molar-refractivity contribution in [1.82, 2.24) is 0 Å². The number of carbonyl (C=O) groups excluding carboxylic acids is 1. The molecular formula is C14H14F3NO2. The Hall–Kier alpha value is -2.03. The number of nitrogens with zero attached hydrogens (tertiary/aromatic N) is 1. The van der Waals surface area contributed by atoms with Crippen LogP contribution in [0, 0.1) is 11.3 Å². The fraction of sp³-hybridized carbons (Fsp3) is 0.429. The Bertz CT molecular complexity index is 518. The second-order valence-corrected chi connectivity index (χ2v) is 4.33. The number of ether oxygens (including phenoxy) is 1. The van der Waals surface area contributed by atoms with E-state index in [4.69, 9.17) is 10.00 Å². The highest BCUT2D eigenvalue weighted by molar-refractivity contribution is 5.75. The van der Waals surface area contributed by atoms with Crippen LogP contribution in [0.25, 0.3) is 0 Å². The number of ketones is 1. The number of benzene rings is 1. The third kappa shape index (κ3) is 4.92. The standard InChI is InChI=1S/C14H14F3NO2/c1-10(19)4-2-3-7-20-13-6-5-11(9-18)8-12(13)14(15,16)17/h5-6,8H,2-4,7H2,1H3. The van der Waals surface area contributed by atoms with E-state index < -0.39 is 11.7 Å². The van der Waals surface area contributed by atoms with Gasteiger partial charge < -0.3 is 9.53 Å². The molecule has 0 saturated heterocycles. The van der Waals surface area contributed by atoms with Gasteiger partial charge in [0.1, 0.15) is 11.5 Å². The maximum Gasteiger partial charge on any atom is 0.420 e. The third-order valence-electron chi connectivity index (χ3n) is 2.59. The Labute approximate surface area is 115 Å². The van der Waals surface area contributed by atoms with Gasteiger partial charge in [0.15, 0.2) is 0 Å². The van der Waals surface area contributed by atoms with Gasteiger partial charge in [0, 0.05) is 6.42 Å². The molecule has 0 aromatic heterocycles. The molecule has 1 aromatic carbocycles. The molecule has 0 aliphatic carbocycles. The highest BCUT2D eigenvalue weighted by Gasteiger charge is 2.34. The zero-order chi connectivity index (χ0) is 15.2. The summed E-state index contributed by atoms with van der Waals surface area (Å²) in [7, 11) is 0. The van der Waals surface area contributed by atoms with Crippen molar-refractivity contribution in [1.29, 1.82) is 5.26 Å². The van der Waals surface area contributed by atoms with Crippen molar-refractivity contribution in [2.24, 2.45) is 0 Å². The molecule has 1 aromatic rings. The summed E-state index contributed by atoms with van der Waals surface area (Å²) in [6, 6.07) is 4.85. The molecule has 0 radical (unpaired) electrons. The summed E-state index contributed by atoms with van der Waals surface area (Å²) >= 11 is 0. The largest absolute Gasteiger partial charge is 0.493 e. The number of Topliss-reactive ketones (excluding diaryl/α,β-unsaturated/α-hetero) is 1. The van der Waals surface area contributed by atoms with Crippen LogP contribution < -0.4 is 4.74 Å². The van der Waals surface area contributed by atoms with E-state index in [2.05, 4.69) is 0 Å². The van der Waals surface area contributed by atoms with Gasteiger partial charge in [-0.15, -0.1) is 0 Å². The van der Waals surface area contributed by atoms with Crippen LogP contribution in [0.2, 0.25) is 0 Å². The second-order valence-electron chi connectivity index (χ2n) is 4.33. The Kier molecular flexibility index (Phi) is 5.56. The number of nitriles is 1. The average Bonchev–Trinajstić information content (AvgIpc) is 2.37. The van der Waals surface area contributed by atoms with Crippen molar-refractivity contribution in [2.45, 2.75) is 32.4 Å². The fourth-order valence-electron chi connectivity index (χ4n) is 1.61. The highest BCUT2D eigenvalue weighted by atomic mass is 19.4. The first kappa shape index (κ1) is 16.0. The van der Waals surface area contributed by atoms with Crippen LogP contribution in [0.3, 0.4) is 0 Å². The van der Waals surface area contributed by atoms with Gasteiger partial charge in [0.2, 0.25) is 0 Å². The van der Waals surface area contributed by atoms with Crippen molar-refractivity contribution < 1.29 is 22.7 Å². The molecule has 3 nitrogen and oxygen atoms in total. The maximum absolute atomic E-state index is 12.8. The lowest BCUT2D eigenvalue weighted by Gasteiger charge is -2.14. The molecule has 108 valence electrons. The predicted octanol–water partition coefficient (Wildman–Crippen LogP) is 3.72. The summed E-state index contributed by atoms with van der Waals surface area (Å²) in [6.07, 6.45) is -3.10. The highest BCUT2D eigenvalue weighted by Crippen LogP contribution is 2.36. The normalized spacial score (nSPS) is 10.9. The molecule has 0 aliphatic rings. The third-order valence-corrected chi connectivity index (χ3v) is 2.59. The lowest BCUT2D eigenvalue weighted by Crippen LogP contribution is -2.10. The summed E-state index contributed by atoms with van der Waals surface area (Å²) in [6.45, 7) is 1.56. The number of rotatable bonds is 6. The van der Waals surface area contributed by atoms with E-state index in [0.717, 1.165) is 12.1 Å². The molecule has 0 N–H and O–H groups in total. The lowest BCUT2D eigenvalue weighted by atomic mass is 10.1. The van der Waals surface area contributed by atoms with Gasteiger partial charge in [-0.3, -0.25) is 0 Å². The van der Waals surface area contributed by atoms with Crippen molar-refractivity contribution in [3.8, 4) is 11.8 Å². The number of unbranched alkanes of at least 4 members (excludes halogenated alkanes) is 1. The van der Waals surface area contributed by atoms with E-state index in [0.29, 0.717) is 19.3 Å². The van der Waals surface area contributed by atoms with Crippen LogP contribution in [-0.2, 0) is 11.0 Å². The van der Waals surface area contributed by atoms with Crippen LogP contribution in [-0.4, -0.2) is 12.4 Å². The molecule has 0 bridgehead atoms. The Balaban J connectivity index is 2.70. The molecular weight excluding hydrogens is 271 g/mol. The van der Waals surface area contributed by atoms with Gasteiger partial charge in [-0.1, -0.05) is 0 Å². The summed E-state index contributed by atoms with van der Waals surface area (Å²) < 4.78 is 43.5. The van der Waals surface area contributed by atoms with Crippen LogP contribution in [0.4, 0.5) is 13.2 Å². The Morgan fingerprint density at radius 1 is 1.35 bits per heavy atom. The molecule has 0 atom stereocenters. The maximum atomic E-state index is 12.8. The minimum Gasteiger partial charge on any atom is -0.493 e. The van der Waals surface area contributed by atoms with Crippen LogP contribution in [0.1, 0.15) is 37.3 Å². The number of hydrogen-bond acceptors (Lipinski definition) is 3. The number of hydrogen-bond donors (Lipinski definition) is 0. The predicted molar refractivity (Wildman–Crippen MR) is 66.2 cm³/mol. The second kappa shape index (κ2) is 6.94. The minimum atomic E-state index is -4.57. The summed E-state index contributed by atoms with van der Waals surface area (Å²) in [5, 5.41) is 8.63. The molecule has 20 heavy (non-hydrogen) atoms. The van der Waals surface area contributed by atoms with Crippen molar-refractivity contribution in [3.05, 3.63) is 29.3 Å². The zero-order valence-corrected chi connectivity index (χ0v) is 11.0. The summed E-state index contributed by atoms with van der Waals surface area (Å²) in [5.74, 6) is -0.251. The Morgan fingerprint density at radius 3 is 2.60 bits per heavy atom. The van der Waals surface area contributed by atoms with Gasteiger partial charge >= 0.3 is 6.18 Å². The zero-order valence-electron chi connectivity index (χ0n) is 11.0. The van der Waals surface area contributed by atoms with E-state index in [-0.39, 0.29) is 23.7 Å². The first-order chi connectivity index (χ1) is 9.34. The molecule has 0 spiro atoms. The van der Waals surface area contributed by atoms with Crippen LogP contribution in [0.15, 0.2) is 18.2 Å². The van der Waals surface area contributed by atoms with Crippen LogP contribution >= 0.6 is 0 Å². The molecule has 0 amide bonds. The van der Waals surface area contributed by atoms with Gasteiger partial charge in [-0.05, 0) is 38.0 Å². The fourth-order valence-corrected chi connectivity index (χ4v) is 1.61. The minimum absolute atomic E-state index is 0.0411. The molecule has 0 heterocycles. The molecule has 0 unspecified atom stereocenters. The summed E-state index contributed by atoms with van der Waals surface area (Å²) in [4.78, 5) is 10.7. The van der Waals surface area contributed by atoms with Crippen molar-refractivity contribution in [3.63, 3.8) is 0 Å². The molecule has 0 saturated carbocycles. The molecule has 1 rings (SSSR count). The monoisotopic (exact) mass is 285 g/mol. The Morgan fingerprint density at radius 2 is 2.05 bits per heavy atom. The van der Waals surface area contributed by atoms with E-state index in [1.807, 2.05) is 0 Å². The first-order valence-corrected chi connectivity index (χ1v) is 6.08. The summed E-state index contributed by atoms with van der Waals surface area (Å²) in [5.41, 5.74) is -1.02. The van der Waals surface area contributed by atoms with Crippen molar-refractivity contribution >= 4 is 5.78 Å². The SMILES string of the molecule is CC(=O)CCCCOc1ccc(C#N)cc1C(F)(F)F. The van der Waals surface area contributed by atoms with Crippen molar-refractivity contribution in [2.75, 3.05) is 6.61 Å². The van der Waals surface area contributed by atoms with Gasteiger partial charge in [-0.25, -0.2) is 0 Å². The van der Waals surface area contributed by atoms with E-state index in [1.165, 1.54) is 13.0 Å². The van der Waals surface area contributed by atoms with Gasteiger partial charge in [0.25, 0.3) is 0 Å². The lowest BCUT2D eigenvalue weighted by molar-refractivity contribution is -0.139. The first-order valence-electron chi connectivity index (χ1n) is 6.08. The smallest absolute Gasteiger partial charge is 0.420 e. The number of alkyl halides is 3. The van der Waals surface area contributed by atoms with Crippen LogP contribution in [0.5, 0.6) is 5.75 Å². The number of carbonyl (C=O) groups is 1. The molecule has 6 heteroatoms. The van der Waals surface area contributed by atoms with Gasteiger partial charge in [0.05, 0.1) is 23.8 Å². The topological polar surface area (TPSA) is 50.1 Å². The van der Waals surface area contributed by atoms with E-state index in [1.54, 1.807) is 6.07 Å². The van der Waals surface area contributed by atoms with E-state index >= 15 is 0 Å². The van der Waals surface area contributed by atoms with E-state index in [9.17, 15) is 18.0 Å². The van der Waals surface area contributed by atoms with Gasteiger partial charge in [-0.2, -0.15) is 18.4 Å². The molecule has 0 fully saturated rings.